The third kappa shape index (κ3) is 3.18. The van der Waals surface area contributed by atoms with Crippen LogP contribution >= 0.6 is 0 Å². The van der Waals surface area contributed by atoms with Gasteiger partial charge in [-0.15, -0.1) is 0 Å². The van der Waals surface area contributed by atoms with Crippen molar-refractivity contribution >= 4 is 17.3 Å². The van der Waals surface area contributed by atoms with Gasteiger partial charge in [-0.3, -0.25) is 9.78 Å². The Labute approximate surface area is 105 Å². The van der Waals surface area contributed by atoms with Gasteiger partial charge in [0, 0.05) is 12.3 Å². The van der Waals surface area contributed by atoms with E-state index >= 15 is 0 Å². The molecule has 1 heterocycles. The summed E-state index contributed by atoms with van der Waals surface area (Å²) in [6.45, 7) is 0. The number of aromatic nitrogens is 1. The van der Waals surface area contributed by atoms with Gasteiger partial charge in [0.2, 0.25) is 5.91 Å². The van der Waals surface area contributed by atoms with Gasteiger partial charge in [0.1, 0.15) is 0 Å². The van der Waals surface area contributed by atoms with Crippen LogP contribution in [0.15, 0.2) is 60.9 Å². The number of anilines is 1. The van der Waals surface area contributed by atoms with Crippen molar-refractivity contribution in [2.75, 3.05) is 5.32 Å². The van der Waals surface area contributed by atoms with E-state index in [0.717, 1.165) is 11.3 Å². The number of benzene rings is 1. The number of hydrogen-bond donors (Lipinski definition) is 2. The van der Waals surface area contributed by atoms with Crippen LogP contribution < -0.4 is 11.1 Å². The standard InChI is InChI=1S/C14H13N3O/c15-14(18)9-13(11-5-2-1-3-6-11)17-12-7-4-8-16-10-12/h1-10,17H,(H2,15,18)/b13-9-. The SMILES string of the molecule is NC(=O)/C=C(\Nc1cccnc1)c1ccccc1. The van der Waals surface area contributed by atoms with Crippen LogP contribution in [-0.4, -0.2) is 10.9 Å². The molecule has 0 bridgehead atoms. The van der Waals surface area contributed by atoms with Crippen LogP contribution in [0.5, 0.6) is 0 Å². The van der Waals surface area contributed by atoms with E-state index in [4.69, 9.17) is 5.73 Å². The number of primary amides is 1. The predicted octanol–water partition coefficient (Wildman–Crippen LogP) is 2.02. The lowest BCUT2D eigenvalue weighted by molar-refractivity contribution is -0.113. The van der Waals surface area contributed by atoms with Crippen LogP contribution in [0.4, 0.5) is 5.69 Å². The Hall–Kier alpha value is -2.62. The van der Waals surface area contributed by atoms with E-state index in [1.54, 1.807) is 12.4 Å². The van der Waals surface area contributed by atoms with Crippen LogP contribution in [0.1, 0.15) is 5.56 Å². The number of pyridine rings is 1. The minimum Gasteiger partial charge on any atom is -0.366 e. The van der Waals surface area contributed by atoms with Gasteiger partial charge in [-0.05, 0) is 17.7 Å². The zero-order valence-corrected chi connectivity index (χ0v) is 9.71. The largest absolute Gasteiger partial charge is 0.366 e. The van der Waals surface area contributed by atoms with Gasteiger partial charge in [0.05, 0.1) is 17.6 Å². The first-order valence-electron chi connectivity index (χ1n) is 5.49. The first-order chi connectivity index (χ1) is 8.75. The van der Waals surface area contributed by atoms with E-state index in [2.05, 4.69) is 10.3 Å². The number of nitrogens with zero attached hydrogens (tertiary/aromatic N) is 1. The highest BCUT2D eigenvalue weighted by molar-refractivity contribution is 5.96. The number of carbonyl (C=O) groups excluding carboxylic acids is 1. The second kappa shape index (κ2) is 5.63. The Balaban J connectivity index is 2.31. The summed E-state index contributed by atoms with van der Waals surface area (Å²) in [5.74, 6) is -0.495. The van der Waals surface area contributed by atoms with E-state index < -0.39 is 5.91 Å². The molecule has 0 unspecified atom stereocenters. The van der Waals surface area contributed by atoms with Crippen LogP contribution in [-0.2, 0) is 4.79 Å². The number of rotatable bonds is 4. The molecule has 2 aromatic rings. The normalized spacial score (nSPS) is 11.0. The van der Waals surface area contributed by atoms with Crippen molar-refractivity contribution in [1.82, 2.24) is 4.98 Å². The fourth-order valence-electron chi connectivity index (χ4n) is 1.54. The molecule has 2 rings (SSSR count). The molecule has 1 aromatic carbocycles. The van der Waals surface area contributed by atoms with E-state index in [1.165, 1.54) is 6.08 Å². The molecule has 90 valence electrons. The summed E-state index contributed by atoms with van der Waals surface area (Å²) in [4.78, 5) is 15.1. The zero-order valence-electron chi connectivity index (χ0n) is 9.71. The minimum absolute atomic E-state index is 0.495. The lowest BCUT2D eigenvalue weighted by atomic mass is 10.1. The maximum absolute atomic E-state index is 11.1. The molecule has 0 radical (unpaired) electrons. The molecule has 4 heteroatoms. The molecular formula is C14H13N3O. The lowest BCUT2D eigenvalue weighted by Gasteiger charge is -2.10. The van der Waals surface area contributed by atoms with E-state index in [-0.39, 0.29) is 0 Å². The monoisotopic (exact) mass is 239 g/mol. The quantitative estimate of drug-likeness (QED) is 0.802. The van der Waals surface area contributed by atoms with Crippen LogP contribution in [0.3, 0.4) is 0 Å². The highest BCUT2D eigenvalue weighted by Gasteiger charge is 2.03. The lowest BCUT2D eigenvalue weighted by Crippen LogP contribution is -2.10. The minimum atomic E-state index is -0.495. The summed E-state index contributed by atoms with van der Waals surface area (Å²) in [5, 5.41) is 3.12. The van der Waals surface area contributed by atoms with E-state index in [1.807, 2.05) is 42.5 Å². The third-order valence-electron chi connectivity index (χ3n) is 2.31. The highest BCUT2D eigenvalue weighted by atomic mass is 16.1. The van der Waals surface area contributed by atoms with Crippen LogP contribution in [0.2, 0.25) is 0 Å². The smallest absolute Gasteiger partial charge is 0.243 e. The molecule has 1 aromatic heterocycles. The Morgan fingerprint density at radius 2 is 1.94 bits per heavy atom. The molecule has 3 N–H and O–H groups in total. The van der Waals surface area contributed by atoms with Crippen LogP contribution in [0.25, 0.3) is 5.70 Å². The molecule has 0 saturated carbocycles. The number of carbonyl (C=O) groups is 1. The average Bonchev–Trinajstić information content (AvgIpc) is 2.40. The fraction of sp³-hybridized carbons (Fsp3) is 0. The van der Waals surface area contributed by atoms with Gasteiger partial charge < -0.3 is 11.1 Å². The van der Waals surface area contributed by atoms with Gasteiger partial charge >= 0.3 is 0 Å². The topological polar surface area (TPSA) is 68.0 Å². The number of amides is 1. The average molecular weight is 239 g/mol. The molecule has 0 aliphatic rings. The van der Waals surface area contributed by atoms with Crippen molar-refractivity contribution in [1.29, 1.82) is 0 Å². The molecule has 18 heavy (non-hydrogen) atoms. The molecule has 0 aliphatic carbocycles. The second-order valence-corrected chi connectivity index (χ2v) is 3.69. The van der Waals surface area contributed by atoms with Gasteiger partial charge in [-0.25, -0.2) is 0 Å². The number of hydrogen-bond acceptors (Lipinski definition) is 3. The fourth-order valence-corrected chi connectivity index (χ4v) is 1.54. The molecule has 4 nitrogen and oxygen atoms in total. The van der Waals surface area contributed by atoms with Gasteiger partial charge in [0.25, 0.3) is 0 Å². The molecule has 0 spiro atoms. The van der Waals surface area contributed by atoms with Crippen molar-refractivity contribution in [2.24, 2.45) is 5.73 Å². The molecule has 0 aliphatic heterocycles. The third-order valence-corrected chi connectivity index (χ3v) is 2.31. The summed E-state index contributed by atoms with van der Waals surface area (Å²) in [7, 11) is 0. The van der Waals surface area contributed by atoms with Crippen molar-refractivity contribution in [3.8, 4) is 0 Å². The Morgan fingerprint density at radius 1 is 1.17 bits per heavy atom. The summed E-state index contributed by atoms with van der Waals surface area (Å²) in [6.07, 6.45) is 4.73. The van der Waals surface area contributed by atoms with Crippen molar-refractivity contribution < 1.29 is 4.79 Å². The first-order valence-corrected chi connectivity index (χ1v) is 5.49. The maximum atomic E-state index is 11.1. The van der Waals surface area contributed by atoms with E-state index in [9.17, 15) is 4.79 Å². The molecule has 0 fully saturated rings. The van der Waals surface area contributed by atoms with Crippen molar-refractivity contribution in [3.05, 3.63) is 66.5 Å². The highest BCUT2D eigenvalue weighted by Crippen LogP contribution is 2.17. The Morgan fingerprint density at radius 3 is 2.56 bits per heavy atom. The molecule has 0 saturated heterocycles. The molecule has 1 amide bonds. The van der Waals surface area contributed by atoms with Gasteiger partial charge in [-0.2, -0.15) is 0 Å². The Kier molecular flexibility index (Phi) is 3.71. The zero-order chi connectivity index (χ0) is 12.8. The van der Waals surface area contributed by atoms with Crippen molar-refractivity contribution in [2.45, 2.75) is 0 Å². The summed E-state index contributed by atoms with van der Waals surface area (Å²) < 4.78 is 0. The summed E-state index contributed by atoms with van der Waals surface area (Å²) in [6, 6.07) is 13.2. The second-order valence-electron chi connectivity index (χ2n) is 3.69. The Bertz CT molecular complexity index is 550. The molecule has 0 atom stereocenters. The molecular weight excluding hydrogens is 226 g/mol. The maximum Gasteiger partial charge on any atom is 0.243 e. The predicted molar refractivity (Wildman–Crippen MR) is 71.5 cm³/mol. The first kappa shape index (κ1) is 11.9. The summed E-state index contributed by atoms with van der Waals surface area (Å²) in [5.41, 5.74) is 7.55. The number of nitrogens with two attached hydrogens (primary N) is 1. The van der Waals surface area contributed by atoms with E-state index in [0.29, 0.717) is 5.70 Å². The van der Waals surface area contributed by atoms with Gasteiger partial charge in [-0.1, -0.05) is 30.3 Å². The van der Waals surface area contributed by atoms with Crippen LogP contribution in [0, 0.1) is 0 Å². The number of nitrogens with one attached hydrogen (secondary N) is 1. The van der Waals surface area contributed by atoms with Gasteiger partial charge in [0.15, 0.2) is 0 Å². The van der Waals surface area contributed by atoms with Crippen molar-refractivity contribution in [3.63, 3.8) is 0 Å². The summed E-state index contributed by atoms with van der Waals surface area (Å²) >= 11 is 0.